The summed E-state index contributed by atoms with van der Waals surface area (Å²) in [5.41, 5.74) is 1.49. The number of amides is 1. The molecule has 4 rings (SSSR count). The maximum Gasteiger partial charge on any atom is 0.416 e. The molecular formula is C22H23F3N6O. The number of hydrogen-bond acceptors (Lipinski definition) is 5. The van der Waals surface area contributed by atoms with E-state index in [1.165, 1.54) is 12.1 Å². The summed E-state index contributed by atoms with van der Waals surface area (Å²) in [5, 5.41) is 6.90. The summed E-state index contributed by atoms with van der Waals surface area (Å²) >= 11 is 0. The lowest BCUT2D eigenvalue weighted by atomic mass is 10.0. The van der Waals surface area contributed by atoms with Crippen LogP contribution in [0.2, 0.25) is 0 Å². The van der Waals surface area contributed by atoms with Crippen molar-refractivity contribution in [1.82, 2.24) is 20.2 Å². The van der Waals surface area contributed by atoms with Crippen LogP contribution >= 0.6 is 0 Å². The Labute approximate surface area is 183 Å². The number of aromatic nitrogens is 4. The zero-order valence-electron chi connectivity index (χ0n) is 18.1. The predicted molar refractivity (Wildman–Crippen MR) is 115 cm³/mol. The third kappa shape index (κ3) is 3.59. The fourth-order valence-electron chi connectivity index (χ4n) is 4.01. The van der Waals surface area contributed by atoms with Crippen LogP contribution in [0.1, 0.15) is 32.8 Å². The average Bonchev–Trinajstić information content (AvgIpc) is 3.24. The van der Waals surface area contributed by atoms with Crippen molar-refractivity contribution >= 4 is 17.4 Å². The van der Waals surface area contributed by atoms with Crippen molar-refractivity contribution in [2.24, 2.45) is 0 Å². The van der Waals surface area contributed by atoms with Gasteiger partial charge in [-0.2, -0.15) is 18.3 Å². The van der Waals surface area contributed by atoms with Crippen LogP contribution in [0.25, 0.3) is 22.6 Å². The highest BCUT2D eigenvalue weighted by molar-refractivity contribution is 6.04. The maximum atomic E-state index is 12.9. The second-order valence-electron chi connectivity index (χ2n) is 7.96. The summed E-state index contributed by atoms with van der Waals surface area (Å²) in [6.07, 6.45) is -0.636. The molecule has 1 aliphatic heterocycles. The maximum absolute atomic E-state index is 12.9. The molecule has 1 amide bonds. The van der Waals surface area contributed by atoms with Crippen LogP contribution in [0.5, 0.6) is 0 Å². The van der Waals surface area contributed by atoms with Gasteiger partial charge >= 0.3 is 6.18 Å². The van der Waals surface area contributed by atoms with Crippen molar-refractivity contribution in [1.29, 1.82) is 0 Å². The average molecular weight is 444 g/mol. The number of aromatic amines is 1. The smallest absolute Gasteiger partial charge is 0.340 e. The molecule has 1 N–H and O–H groups in total. The second kappa shape index (κ2) is 7.92. The van der Waals surface area contributed by atoms with Crippen LogP contribution in [-0.2, 0) is 11.0 Å². The van der Waals surface area contributed by atoms with Gasteiger partial charge in [-0.15, -0.1) is 0 Å². The zero-order chi connectivity index (χ0) is 23.2. The molecule has 7 nitrogen and oxygen atoms in total. The Kier molecular flexibility index (Phi) is 5.39. The molecule has 0 bridgehead atoms. The first-order valence-electron chi connectivity index (χ1n) is 10.3. The van der Waals surface area contributed by atoms with E-state index in [4.69, 9.17) is 4.98 Å². The highest BCUT2D eigenvalue weighted by Gasteiger charge is 2.38. The van der Waals surface area contributed by atoms with Crippen LogP contribution in [0.4, 0.5) is 24.7 Å². The molecule has 0 spiro atoms. The number of halogens is 3. The molecule has 0 saturated carbocycles. The number of hydrogen-bond donors (Lipinski definition) is 1. The van der Waals surface area contributed by atoms with E-state index in [2.05, 4.69) is 15.2 Å². The number of nitrogens with one attached hydrogen (secondary N) is 1. The molecule has 3 heterocycles. The molecule has 10 heteroatoms. The van der Waals surface area contributed by atoms with E-state index in [1.54, 1.807) is 24.3 Å². The first-order valence-corrected chi connectivity index (χ1v) is 10.3. The topological polar surface area (TPSA) is 78.0 Å². The van der Waals surface area contributed by atoms with Gasteiger partial charge in [0, 0.05) is 18.7 Å². The number of carbonyl (C=O) groups excluding carboxylic acids is 1. The number of rotatable bonds is 4. The monoisotopic (exact) mass is 444 g/mol. The summed E-state index contributed by atoms with van der Waals surface area (Å²) in [7, 11) is 1.70. The first-order chi connectivity index (χ1) is 15.1. The standard InChI is InChI=1S/C22H23F3N6O/c1-5-16-21(32)30(4)17-11-26-19(28-20(17)31(16)12(2)3)15-10-27-29-18(15)13-6-8-14(9-7-13)22(23,24)25/h6-12,16H,5H2,1-4H3,(H,27,29). The lowest BCUT2D eigenvalue weighted by Gasteiger charge is -2.42. The van der Waals surface area contributed by atoms with Crippen LogP contribution < -0.4 is 9.80 Å². The van der Waals surface area contributed by atoms with Crippen molar-refractivity contribution in [2.75, 3.05) is 16.8 Å². The quantitative estimate of drug-likeness (QED) is 0.640. The molecule has 1 unspecified atom stereocenters. The lowest BCUT2D eigenvalue weighted by molar-refractivity contribution is -0.137. The van der Waals surface area contributed by atoms with Gasteiger partial charge in [0.25, 0.3) is 0 Å². The van der Waals surface area contributed by atoms with Crippen LogP contribution in [0, 0.1) is 0 Å². The molecule has 1 atom stereocenters. The second-order valence-corrected chi connectivity index (χ2v) is 7.96. The number of nitrogens with zero attached hydrogens (tertiary/aromatic N) is 5. The Morgan fingerprint density at radius 1 is 1.16 bits per heavy atom. The minimum Gasteiger partial charge on any atom is -0.340 e. The van der Waals surface area contributed by atoms with E-state index in [1.807, 2.05) is 25.7 Å². The van der Waals surface area contributed by atoms with Gasteiger partial charge in [0.05, 0.1) is 29.2 Å². The van der Waals surface area contributed by atoms with Gasteiger partial charge < -0.3 is 9.80 Å². The van der Waals surface area contributed by atoms with Gasteiger partial charge in [0.2, 0.25) is 5.91 Å². The zero-order valence-corrected chi connectivity index (χ0v) is 18.1. The molecule has 2 aromatic heterocycles. The van der Waals surface area contributed by atoms with Crippen LogP contribution in [-0.4, -0.2) is 45.2 Å². The molecular weight excluding hydrogens is 421 g/mol. The fraction of sp³-hybridized carbons (Fsp3) is 0.364. The number of anilines is 2. The molecule has 168 valence electrons. The van der Waals surface area contributed by atoms with Gasteiger partial charge in [-0.1, -0.05) is 19.1 Å². The molecule has 1 aromatic carbocycles. The minimum absolute atomic E-state index is 0.0150. The lowest BCUT2D eigenvalue weighted by Crippen LogP contribution is -2.54. The van der Waals surface area contributed by atoms with Crippen molar-refractivity contribution in [3.8, 4) is 22.6 Å². The fourth-order valence-corrected chi connectivity index (χ4v) is 4.01. The largest absolute Gasteiger partial charge is 0.416 e. The highest BCUT2D eigenvalue weighted by Crippen LogP contribution is 2.38. The van der Waals surface area contributed by atoms with Crippen molar-refractivity contribution in [2.45, 2.75) is 45.5 Å². The number of benzene rings is 1. The predicted octanol–water partition coefficient (Wildman–Crippen LogP) is 4.52. The van der Waals surface area contributed by atoms with Gasteiger partial charge in [-0.3, -0.25) is 9.89 Å². The van der Waals surface area contributed by atoms with Gasteiger partial charge in [-0.25, -0.2) is 9.97 Å². The third-order valence-corrected chi connectivity index (χ3v) is 5.63. The first kappa shape index (κ1) is 21.8. The molecule has 1 aliphatic rings. The number of alkyl halides is 3. The van der Waals surface area contributed by atoms with Gasteiger partial charge in [0.15, 0.2) is 11.6 Å². The Morgan fingerprint density at radius 3 is 2.44 bits per heavy atom. The summed E-state index contributed by atoms with van der Waals surface area (Å²) in [6, 6.07) is 4.52. The molecule has 0 saturated heterocycles. The third-order valence-electron chi connectivity index (χ3n) is 5.63. The van der Waals surface area contributed by atoms with E-state index in [0.717, 1.165) is 12.1 Å². The van der Waals surface area contributed by atoms with Crippen molar-refractivity contribution < 1.29 is 18.0 Å². The number of fused-ring (bicyclic) bond motifs is 1. The summed E-state index contributed by atoms with van der Waals surface area (Å²) in [5.74, 6) is 0.993. The molecule has 32 heavy (non-hydrogen) atoms. The molecule has 0 radical (unpaired) electrons. The van der Waals surface area contributed by atoms with Crippen LogP contribution in [0.3, 0.4) is 0 Å². The number of likely N-dealkylation sites (N-methyl/N-ethyl adjacent to an activating group) is 1. The highest BCUT2D eigenvalue weighted by atomic mass is 19.4. The molecule has 3 aromatic rings. The Morgan fingerprint density at radius 2 is 1.84 bits per heavy atom. The minimum atomic E-state index is -4.41. The van der Waals surface area contributed by atoms with Crippen LogP contribution in [0.15, 0.2) is 36.7 Å². The van der Waals surface area contributed by atoms with Gasteiger partial charge in [-0.05, 0) is 32.4 Å². The normalized spacial score (nSPS) is 16.6. The van der Waals surface area contributed by atoms with E-state index >= 15 is 0 Å². The Balaban J connectivity index is 1.79. The van der Waals surface area contributed by atoms with E-state index < -0.39 is 11.7 Å². The Hall–Kier alpha value is -3.43. The number of H-pyrrole nitrogens is 1. The molecule has 0 fully saturated rings. The SMILES string of the molecule is CCC1C(=O)N(C)c2cnc(-c3cn[nH]c3-c3ccc(C(F)(F)F)cc3)nc2N1C(C)C. The summed E-state index contributed by atoms with van der Waals surface area (Å²) < 4.78 is 38.7. The van der Waals surface area contributed by atoms with Crippen molar-refractivity contribution in [3.63, 3.8) is 0 Å². The molecule has 0 aliphatic carbocycles. The number of carbonyl (C=O) groups is 1. The van der Waals surface area contributed by atoms with Gasteiger partial charge in [0.1, 0.15) is 11.7 Å². The summed E-state index contributed by atoms with van der Waals surface area (Å²) in [4.78, 5) is 25.6. The van der Waals surface area contributed by atoms with E-state index in [0.29, 0.717) is 40.6 Å². The van der Waals surface area contributed by atoms with E-state index in [-0.39, 0.29) is 18.0 Å². The van der Waals surface area contributed by atoms with E-state index in [9.17, 15) is 18.0 Å². The summed E-state index contributed by atoms with van der Waals surface area (Å²) in [6.45, 7) is 5.95. The Bertz CT molecular complexity index is 1140. The van der Waals surface area contributed by atoms with Crippen molar-refractivity contribution in [3.05, 3.63) is 42.2 Å².